The van der Waals surface area contributed by atoms with E-state index in [1.54, 1.807) is 19.1 Å². The van der Waals surface area contributed by atoms with E-state index in [0.717, 1.165) is 5.57 Å². The van der Waals surface area contributed by atoms with Crippen LogP contribution in [0.3, 0.4) is 0 Å². The zero-order valence-corrected chi connectivity index (χ0v) is 13.3. The molecule has 1 heterocycles. The van der Waals surface area contributed by atoms with Crippen molar-refractivity contribution in [3.8, 4) is 5.75 Å². The van der Waals surface area contributed by atoms with Gasteiger partial charge in [-0.25, -0.2) is 4.79 Å². The van der Waals surface area contributed by atoms with E-state index in [1.165, 1.54) is 6.92 Å². The molecule has 2 atom stereocenters. The maximum atomic E-state index is 11.6. The lowest BCUT2D eigenvalue weighted by Crippen LogP contribution is -2.14. The van der Waals surface area contributed by atoms with E-state index < -0.39 is 5.63 Å². The maximum absolute atomic E-state index is 11.6. The Bertz CT molecular complexity index is 608. The highest BCUT2D eigenvalue weighted by atomic mass is 16.4. The minimum absolute atomic E-state index is 0.0256. The van der Waals surface area contributed by atoms with Gasteiger partial charge in [0.1, 0.15) is 11.5 Å². The van der Waals surface area contributed by atoms with Gasteiger partial charge in [-0.15, -0.1) is 0 Å². The first-order valence-electron chi connectivity index (χ1n) is 7.15. The van der Waals surface area contributed by atoms with Gasteiger partial charge in [-0.2, -0.15) is 0 Å². The fourth-order valence-electron chi connectivity index (χ4n) is 2.07. The van der Waals surface area contributed by atoms with Crippen LogP contribution in [0, 0.1) is 19.8 Å². The van der Waals surface area contributed by atoms with Gasteiger partial charge in [-0.05, 0) is 33.3 Å². The summed E-state index contributed by atoms with van der Waals surface area (Å²) < 4.78 is 5.16. The second kappa shape index (κ2) is 7.27. The van der Waals surface area contributed by atoms with Crippen LogP contribution in [0.5, 0.6) is 5.75 Å². The molecule has 0 aliphatic rings. The molecular weight excluding hydrogens is 268 g/mol. The fraction of sp³-hybridized carbons (Fsp3) is 0.471. The molecule has 0 spiro atoms. The topological polar surface area (TPSA) is 70.7 Å². The van der Waals surface area contributed by atoms with Crippen LogP contribution in [0.1, 0.15) is 44.1 Å². The molecule has 0 unspecified atom stereocenters. The lowest BCUT2D eigenvalue weighted by molar-refractivity contribution is 0.133. The Morgan fingerprint density at radius 2 is 1.95 bits per heavy atom. The van der Waals surface area contributed by atoms with E-state index in [0.29, 0.717) is 17.7 Å². The molecule has 0 saturated heterocycles. The molecule has 4 heteroatoms. The van der Waals surface area contributed by atoms with Crippen molar-refractivity contribution in [2.24, 2.45) is 5.92 Å². The van der Waals surface area contributed by atoms with Crippen molar-refractivity contribution in [1.82, 2.24) is 0 Å². The van der Waals surface area contributed by atoms with Crippen molar-refractivity contribution in [1.29, 1.82) is 0 Å². The number of allylic oxidation sites excluding steroid dienone is 2. The van der Waals surface area contributed by atoms with Crippen LogP contribution in [0.2, 0.25) is 0 Å². The van der Waals surface area contributed by atoms with Crippen LogP contribution in [-0.4, -0.2) is 16.3 Å². The summed E-state index contributed by atoms with van der Waals surface area (Å²) in [6, 6.07) is 0. The van der Waals surface area contributed by atoms with Gasteiger partial charge in [0.05, 0.1) is 11.7 Å². The largest absolute Gasteiger partial charge is 0.507 e. The van der Waals surface area contributed by atoms with E-state index in [4.69, 9.17) is 4.42 Å². The Morgan fingerprint density at radius 3 is 2.52 bits per heavy atom. The minimum Gasteiger partial charge on any atom is -0.507 e. The average molecular weight is 292 g/mol. The predicted octanol–water partition coefficient (Wildman–Crippen LogP) is 3.33. The fourth-order valence-corrected chi connectivity index (χ4v) is 2.07. The summed E-state index contributed by atoms with van der Waals surface area (Å²) >= 11 is 0. The molecule has 21 heavy (non-hydrogen) atoms. The molecule has 1 aromatic heterocycles. The molecular formula is C17H24O4. The first-order valence-corrected chi connectivity index (χ1v) is 7.15. The molecule has 0 aliphatic heterocycles. The summed E-state index contributed by atoms with van der Waals surface area (Å²) in [6.45, 7) is 9.03. The van der Waals surface area contributed by atoms with Crippen LogP contribution in [0.15, 0.2) is 26.9 Å². The highest BCUT2D eigenvalue weighted by Gasteiger charge is 2.11. The lowest BCUT2D eigenvalue weighted by Gasteiger charge is -2.13. The normalized spacial score (nSPS) is 15.4. The van der Waals surface area contributed by atoms with E-state index in [2.05, 4.69) is 0 Å². The number of aliphatic hydroxyl groups excluding tert-OH is 1. The second-order valence-electron chi connectivity index (χ2n) is 5.43. The lowest BCUT2D eigenvalue weighted by atomic mass is 9.99. The van der Waals surface area contributed by atoms with Crippen LogP contribution < -0.4 is 5.63 Å². The first-order chi connectivity index (χ1) is 9.77. The van der Waals surface area contributed by atoms with E-state index in [9.17, 15) is 15.0 Å². The van der Waals surface area contributed by atoms with Gasteiger partial charge in [0, 0.05) is 11.5 Å². The summed E-state index contributed by atoms with van der Waals surface area (Å²) in [6.07, 6.45) is 5.77. The average Bonchev–Trinajstić information content (AvgIpc) is 2.46. The third-order valence-corrected chi connectivity index (χ3v) is 3.64. The maximum Gasteiger partial charge on any atom is 0.342 e. The summed E-state index contributed by atoms with van der Waals surface area (Å²) in [7, 11) is 0. The van der Waals surface area contributed by atoms with Crippen molar-refractivity contribution in [2.75, 3.05) is 0 Å². The predicted molar refractivity (Wildman–Crippen MR) is 84.4 cm³/mol. The summed E-state index contributed by atoms with van der Waals surface area (Å²) in [5.41, 5.74) is 1.18. The Morgan fingerprint density at radius 1 is 1.33 bits per heavy atom. The number of hydrogen-bond acceptors (Lipinski definition) is 4. The van der Waals surface area contributed by atoms with Gasteiger partial charge in [-0.1, -0.05) is 31.6 Å². The quantitative estimate of drug-likeness (QED) is 0.817. The number of aromatic hydroxyl groups is 1. The SMILES string of the molecule is CC[C@@H](O)[C@@H](C)C=C(C)C=Cc1oc(=O)c(C)c(O)c1C. The zero-order chi connectivity index (χ0) is 16.2. The smallest absolute Gasteiger partial charge is 0.342 e. The first kappa shape index (κ1) is 17.2. The number of rotatable bonds is 5. The van der Waals surface area contributed by atoms with Crippen LogP contribution in [0.25, 0.3) is 6.08 Å². The monoisotopic (exact) mass is 292 g/mol. The van der Waals surface area contributed by atoms with Gasteiger partial charge >= 0.3 is 5.63 Å². The zero-order valence-electron chi connectivity index (χ0n) is 13.3. The molecule has 4 nitrogen and oxygen atoms in total. The molecule has 1 aromatic rings. The van der Waals surface area contributed by atoms with E-state index >= 15 is 0 Å². The van der Waals surface area contributed by atoms with E-state index in [-0.39, 0.29) is 23.3 Å². The molecule has 0 bridgehead atoms. The van der Waals surface area contributed by atoms with Gasteiger partial charge < -0.3 is 14.6 Å². The second-order valence-corrected chi connectivity index (χ2v) is 5.43. The van der Waals surface area contributed by atoms with Crippen molar-refractivity contribution < 1.29 is 14.6 Å². The third kappa shape index (κ3) is 4.33. The standard InChI is InChI=1S/C17H24O4/c1-6-14(18)11(3)9-10(2)7-8-15-12(4)16(19)13(5)17(20)21-15/h7-9,11,14,18-19H,6H2,1-5H3/t11-,14+/m0/s1. The molecule has 0 radical (unpaired) electrons. The summed E-state index contributed by atoms with van der Waals surface area (Å²) in [5.74, 6) is 0.376. The highest BCUT2D eigenvalue weighted by Crippen LogP contribution is 2.23. The molecule has 0 fully saturated rings. The number of aliphatic hydroxyl groups is 1. The van der Waals surface area contributed by atoms with Gasteiger partial charge in [-0.3, -0.25) is 0 Å². The molecule has 0 aromatic carbocycles. The third-order valence-electron chi connectivity index (χ3n) is 3.64. The van der Waals surface area contributed by atoms with Gasteiger partial charge in [0.15, 0.2) is 0 Å². The van der Waals surface area contributed by atoms with Crippen LogP contribution >= 0.6 is 0 Å². The van der Waals surface area contributed by atoms with Gasteiger partial charge in [0.25, 0.3) is 0 Å². The highest BCUT2D eigenvalue weighted by molar-refractivity contribution is 5.55. The Hall–Kier alpha value is -1.81. The van der Waals surface area contributed by atoms with Crippen molar-refractivity contribution in [3.05, 3.63) is 45.0 Å². The molecule has 0 saturated carbocycles. The van der Waals surface area contributed by atoms with Gasteiger partial charge in [0.2, 0.25) is 0 Å². The molecule has 2 N–H and O–H groups in total. The molecule has 1 rings (SSSR count). The number of hydrogen-bond donors (Lipinski definition) is 2. The molecule has 0 amide bonds. The summed E-state index contributed by atoms with van der Waals surface area (Å²) in [4.78, 5) is 11.6. The Balaban J connectivity index is 3.01. The Labute approximate surface area is 125 Å². The van der Waals surface area contributed by atoms with Crippen molar-refractivity contribution in [3.63, 3.8) is 0 Å². The van der Waals surface area contributed by atoms with E-state index in [1.807, 2.05) is 26.8 Å². The van der Waals surface area contributed by atoms with Crippen LogP contribution in [0.4, 0.5) is 0 Å². The van der Waals surface area contributed by atoms with Crippen molar-refractivity contribution in [2.45, 2.75) is 47.1 Å². The molecule has 116 valence electrons. The molecule has 0 aliphatic carbocycles. The minimum atomic E-state index is -0.533. The summed E-state index contributed by atoms with van der Waals surface area (Å²) in [5, 5.41) is 19.6. The Kier molecular flexibility index (Phi) is 5.97. The van der Waals surface area contributed by atoms with Crippen molar-refractivity contribution >= 4 is 6.08 Å². The van der Waals surface area contributed by atoms with Crippen LogP contribution in [-0.2, 0) is 0 Å².